The number of carboxylic acid groups (broad SMARTS) is 1. The highest BCUT2D eigenvalue weighted by atomic mass is 35.5. The van der Waals surface area contributed by atoms with Gasteiger partial charge in [-0.05, 0) is 17.7 Å². The van der Waals surface area contributed by atoms with Crippen LogP contribution < -0.4 is 0 Å². The van der Waals surface area contributed by atoms with E-state index in [4.69, 9.17) is 16.7 Å². The van der Waals surface area contributed by atoms with Gasteiger partial charge in [0.15, 0.2) is 10.9 Å². The van der Waals surface area contributed by atoms with E-state index in [9.17, 15) is 9.18 Å². The quantitative estimate of drug-likeness (QED) is 0.693. The number of benzene rings is 1. The Bertz CT molecular complexity index is 624. The van der Waals surface area contributed by atoms with Crippen molar-refractivity contribution in [2.24, 2.45) is 0 Å². The second kappa shape index (κ2) is 5.99. The van der Waals surface area contributed by atoms with Crippen LogP contribution >= 0.6 is 23.4 Å². The van der Waals surface area contributed by atoms with E-state index < -0.39 is 5.97 Å². The fraction of sp³-hybridized carbons (Fsp3) is 0.0833. The summed E-state index contributed by atoms with van der Waals surface area (Å²) in [6.45, 7) is 0. The molecule has 0 aliphatic rings. The summed E-state index contributed by atoms with van der Waals surface area (Å²) in [6.07, 6.45) is 1.24. The zero-order valence-corrected chi connectivity index (χ0v) is 11.1. The van der Waals surface area contributed by atoms with Gasteiger partial charge in [-0.2, -0.15) is 0 Å². The minimum Gasteiger partial charge on any atom is -0.476 e. The summed E-state index contributed by atoms with van der Waals surface area (Å²) in [6, 6.07) is 6.14. The Morgan fingerprint density at radius 2 is 2.26 bits per heavy atom. The molecule has 0 saturated carbocycles. The second-order valence-corrected chi connectivity index (χ2v) is 4.92. The van der Waals surface area contributed by atoms with E-state index in [-0.39, 0.29) is 21.7 Å². The van der Waals surface area contributed by atoms with Gasteiger partial charge in [0.2, 0.25) is 0 Å². The second-order valence-electron chi connectivity index (χ2n) is 3.57. The van der Waals surface area contributed by atoms with Gasteiger partial charge in [0.25, 0.3) is 0 Å². The molecule has 0 aliphatic heterocycles. The molecule has 0 unspecified atom stereocenters. The Kier molecular flexibility index (Phi) is 4.34. The van der Waals surface area contributed by atoms with Crippen molar-refractivity contribution in [2.45, 2.75) is 10.9 Å². The van der Waals surface area contributed by atoms with E-state index in [1.165, 1.54) is 30.1 Å². The van der Waals surface area contributed by atoms with Crippen LogP contribution in [-0.2, 0) is 5.75 Å². The average molecular weight is 299 g/mol. The lowest BCUT2D eigenvalue weighted by Crippen LogP contribution is -2.03. The van der Waals surface area contributed by atoms with E-state index in [1.54, 1.807) is 12.1 Å². The molecule has 1 N–H and O–H groups in total. The molecule has 7 heteroatoms. The Hall–Kier alpha value is -1.66. The molecule has 2 aromatic rings. The van der Waals surface area contributed by atoms with Crippen molar-refractivity contribution in [1.82, 2.24) is 9.97 Å². The predicted octanol–water partition coefficient (Wildman–Crippen LogP) is 3.26. The number of carbonyl (C=O) groups is 1. The van der Waals surface area contributed by atoms with Crippen LogP contribution in [0.1, 0.15) is 16.1 Å². The van der Waals surface area contributed by atoms with Crippen LogP contribution in [0.2, 0.25) is 5.02 Å². The highest BCUT2D eigenvalue weighted by Gasteiger charge is 2.12. The molecule has 1 aromatic heterocycles. The van der Waals surface area contributed by atoms with E-state index >= 15 is 0 Å². The highest BCUT2D eigenvalue weighted by Crippen LogP contribution is 2.22. The minimum absolute atomic E-state index is 0.0115. The van der Waals surface area contributed by atoms with Crippen molar-refractivity contribution < 1.29 is 14.3 Å². The summed E-state index contributed by atoms with van der Waals surface area (Å²) in [4.78, 5) is 18.6. The summed E-state index contributed by atoms with van der Waals surface area (Å²) in [7, 11) is 0. The first-order valence-corrected chi connectivity index (χ1v) is 6.55. The molecular weight excluding hydrogens is 291 g/mol. The van der Waals surface area contributed by atoms with Gasteiger partial charge in [-0.15, -0.1) is 0 Å². The first kappa shape index (κ1) is 13.8. The smallest absolute Gasteiger partial charge is 0.356 e. The lowest BCUT2D eigenvalue weighted by molar-refractivity contribution is 0.0689. The molecule has 0 radical (unpaired) electrons. The maximum Gasteiger partial charge on any atom is 0.356 e. The van der Waals surface area contributed by atoms with Crippen molar-refractivity contribution in [3.8, 4) is 0 Å². The average Bonchev–Trinajstić information content (AvgIpc) is 2.37. The Labute approximate surface area is 117 Å². The van der Waals surface area contributed by atoms with Gasteiger partial charge in [0.05, 0.1) is 11.2 Å². The summed E-state index contributed by atoms with van der Waals surface area (Å²) in [5.41, 5.74) is 0.527. The van der Waals surface area contributed by atoms with Crippen molar-refractivity contribution in [3.05, 3.63) is 52.6 Å². The maximum atomic E-state index is 13.0. The van der Waals surface area contributed by atoms with Gasteiger partial charge < -0.3 is 5.11 Å². The van der Waals surface area contributed by atoms with Gasteiger partial charge in [-0.25, -0.2) is 19.2 Å². The van der Waals surface area contributed by atoms with Crippen LogP contribution in [-0.4, -0.2) is 21.0 Å². The van der Waals surface area contributed by atoms with Crippen LogP contribution in [0.25, 0.3) is 0 Å². The molecule has 4 nitrogen and oxygen atoms in total. The largest absolute Gasteiger partial charge is 0.476 e. The molecule has 0 amide bonds. The van der Waals surface area contributed by atoms with Crippen molar-refractivity contribution in [3.63, 3.8) is 0 Å². The summed E-state index contributed by atoms with van der Waals surface area (Å²) in [5.74, 6) is -1.08. The third-order valence-electron chi connectivity index (χ3n) is 2.18. The lowest BCUT2D eigenvalue weighted by Gasteiger charge is -2.03. The molecule has 0 bridgehead atoms. The van der Waals surface area contributed by atoms with Crippen molar-refractivity contribution in [1.29, 1.82) is 0 Å². The Morgan fingerprint density at radius 1 is 1.47 bits per heavy atom. The molecule has 0 aliphatic carbocycles. The third kappa shape index (κ3) is 3.65. The van der Waals surface area contributed by atoms with Crippen LogP contribution in [0, 0.1) is 5.82 Å². The standard InChI is InChI=1S/C12H8ClFN2O2S/c13-9-5-15-12(16-10(9)11(17)18)19-6-7-2-1-3-8(14)4-7/h1-5H,6H2,(H,17,18). The lowest BCUT2D eigenvalue weighted by atomic mass is 10.2. The van der Waals surface area contributed by atoms with Gasteiger partial charge in [0.1, 0.15) is 5.82 Å². The van der Waals surface area contributed by atoms with Gasteiger partial charge in [-0.1, -0.05) is 35.5 Å². The molecular formula is C12H8ClFN2O2S. The van der Waals surface area contributed by atoms with Crippen LogP contribution in [0.15, 0.2) is 35.6 Å². The van der Waals surface area contributed by atoms with Gasteiger partial charge in [0, 0.05) is 5.75 Å². The van der Waals surface area contributed by atoms with Crippen molar-refractivity contribution in [2.75, 3.05) is 0 Å². The highest BCUT2D eigenvalue weighted by molar-refractivity contribution is 7.98. The first-order chi connectivity index (χ1) is 9.06. The van der Waals surface area contributed by atoms with Crippen molar-refractivity contribution >= 4 is 29.3 Å². The number of rotatable bonds is 4. The zero-order valence-electron chi connectivity index (χ0n) is 9.51. The topological polar surface area (TPSA) is 63.1 Å². The molecule has 0 atom stereocenters. The van der Waals surface area contributed by atoms with E-state index in [0.717, 1.165) is 5.56 Å². The molecule has 98 valence electrons. The normalized spacial score (nSPS) is 10.4. The SMILES string of the molecule is O=C(O)c1nc(SCc2cccc(F)c2)ncc1Cl. The number of halogens is 2. The summed E-state index contributed by atoms with van der Waals surface area (Å²) < 4.78 is 13.0. The van der Waals surface area contributed by atoms with Crippen LogP contribution in [0.5, 0.6) is 0 Å². The number of nitrogens with zero attached hydrogens (tertiary/aromatic N) is 2. The molecule has 0 fully saturated rings. The summed E-state index contributed by atoms with van der Waals surface area (Å²) in [5, 5.41) is 9.15. The Balaban J connectivity index is 2.12. The number of hydrogen-bond donors (Lipinski definition) is 1. The molecule has 0 saturated heterocycles. The number of aromatic nitrogens is 2. The van der Waals surface area contributed by atoms with Gasteiger partial charge in [-0.3, -0.25) is 0 Å². The molecule has 1 heterocycles. The van der Waals surface area contributed by atoms with E-state index in [2.05, 4.69) is 9.97 Å². The fourth-order valence-corrected chi connectivity index (χ4v) is 2.28. The molecule has 19 heavy (non-hydrogen) atoms. The number of thioether (sulfide) groups is 1. The zero-order chi connectivity index (χ0) is 13.8. The third-order valence-corrected chi connectivity index (χ3v) is 3.39. The number of carboxylic acids is 1. The van der Waals surface area contributed by atoms with Crippen LogP contribution in [0.4, 0.5) is 4.39 Å². The Morgan fingerprint density at radius 3 is 2.95 bits per heavy atom. The minimum atomic E-state index is -1.21. The predicted molar refractivity (Wildman–Crippen MR) is 70.0 cm³/mol. The van der Waals surface area contributed by atoms with E-state index in [0.29, 0.717) is 5.75 Å². The van der Waals surface area contributed by atoms with Gasteiger partial charge >= 0.3 is 5.97 Å². The summed E-state index contributed by atoms with van der Waals surface area (Å²) >= 11 is 6.88. The molecule has 2 rings (SSSR count). The monoisotopic (exact) mass is 298 g/mol. The van der Waals surface area contributed by atoms with Crippen LogP contribution in [0.3, 0.4) is 0 Å². The number of aromatic carboxylic acids is 1. The first-order valence-electron chi connectivity index (χ1n) is 5.19. The number of hydrogen-bond acceptors (Lipinski definition) is 4. The van der Waals surface area contributed by atoms with E-state index in [1.807, 2.05) is 0 Å². The molecule has 1 aromatic carbocycles. The molecule has 0 spiro atoms. The maximum absolute atomic E-state index is 13.0. The fourth-order valence-electron chi connectivity index (χ4n) is 1.35.